The van der Waals surface area contributed by atoms with Crippen molar-refractivity contribution < 1.29 is 4.42 Å². The molecule has 0 fully saturated rings. The standard InChI is InChI=1S/C52H32N4O/c1-3-13-33(14-4-1)38-20-12-22-42(30-38)52-55-50(35-15-5-2-6-16-35)54-51(56-52)36-27-25-34(26-28-36)37-19-11-21-41(29-37)48-49-47(43-23-9-10-24-46(43)57-49)44-31-39-17-7-8-18-40(39)32-45(44)53-48/h1-32H. The topological polar surface area (TPSA) is 64.7 Å². The highest BCUT2D eigenvalue weighted by Crippen LogP contribution is 2.41. The van der Waals surface area contributed by atoms with Gasteiger partial charge in [-0.15, -0.1) is 0 Å². The first-order chi connectivity index (χ1) is 28.2. The van der Waals surface area contributed by atoms with Crippen LogP contribution in [0.5, 0.6) is 0 Å². The van der Waals surface area contributed by atoms with E-state index in [-0.39, 0.29) is 0 Å². The molecule has 0 amide bonds. The summed E-state index contributed by atoms with van der Waals surface area (Å²) in [5.41, 5.74) is 11.6. The average molecular weight is 729 g/mol. The molecule has 8 aromatic carbocycles. The van der Waals surface area contributed by atoms with Crippen LogP contribution in [-0.4, -0.2) is 19.9 Å². The van der Waals surface area contributed by atoms with Crippen molar-refractivity contribution in [2.24, 2.45) is 0 Å². The number of pyridine rings is 1. The van der Waals surface area contributed by atoms with Crippen LogP contribution in [0.2, 0.25) is 0 Å². The second-order valence-corrected chi connectivity index (χ2v) is 14.3. The van der Waals surface area contributed by atoms with Gasteiger partial charge in [-0.3, -0.25) is 0 Å². The molecule has 57 heavy (non-hydrogen) atoms. The molecule has 5 heteroatoms. The fourth-order valence-electron chi connectivity index (χ4n) is 7.84. The zero-order valence-corrected chi connectivity index (χ0v) is 30.7. The van der Waals surface area contributed by atoms with Gasteiger partial charge in [-0.1, -0.05) is 164 Å². The van der Waals surface area contributed by atoms with E-state index in [1.165, 1.54) is 5.39 Å². The molecular formula is C52H32N4O. The summed E-state index contributed by atoms with van der Waals surface area (Å²) in [6, 6.07) is 66.9. The van der Waals surface area contributed by atoms with Crippen LogP contribution in [-0.2, 0) is 0 Å². The van der Waals surface area contributed by atoms with E-state index in [4.69, 9.17) is 24.4 Å². The van der Waals surface area contributed by atoms with Gasteiger partial charge in [0.05, 0.1) is 5.52 Å². The lowest BCUT2D eigenvalue weighted by Gasteiger charge is -2.11. The van der Waals surface area contributed by atoms with E-state index in [0.29, 0.717) is 17.5 Å². The van der Waals surface area contributed by atoms with Gasteiger partial charge in [0, 0.05) is 38.4 Å². The lowest BCUT2D eigenvalue weighted by molar-refractivity contribution is 0.669. The smallest absolute Gasteiger partial charge is 0.164 e. The number of hydrogen-bond donors (Lipinski definition) is 0. The van der Waals surface area contributed by atoms with Crippen molar-refractivity contribution in [2.45, 2.75) is 0 Å². The number of fused-ring (bicyclic) bond motifs is 6. The first kappa shape index (κ1) is 32.7. The van der Waals surface area contributed by atoms with Crippen LogP contribution in [0.15, 0.2) is 199 Å². The van der Waals surface area contributed by atoms with Crippen LogP contribution in [0.4, 0.5) is 0 Å². The molecule has 3 heterocycles. The Morgan fingerprint density at radius 2 is 0.807 bits per heavy atom. The van der Waals surface area contributed by atoms with Crippen LogP contribution in [0.3, 0.4) is 0 Å². The van der Waals surface area contributed by atoms with Gasteiger partial charge >= 0.3 is 0 Å². The highest BCUT2D eigenvalue weighted by Gasteiger charge is 2.19. The molecule has 0 aliphatic carbocycles. The predicted molar refractivity (Wildman–Crippen MR) is 233 cm³/mol. The summed E-state index contributed by atoms with van der Waals surface area (Å²) in [6.45, 7) is 0. The Labute approximate surface area is 328 Å². The van der Waals surface area contributed by atoms with E-state index in [1.807, 2.05) is 48.5 Å². The molecule has 0 unspecified atom stereocenters. The number of benzene rings is 8. The largest absolute Gasteiger partial charge is 0.454 e. The Bertz CT molecular complexity index is 3280. The fraction of sp³-hybridized carbons (Fsp3) is 0. The minimum atomic E-state index is 0.615. The molecule has 11 aromatic rings. The number of aromatic nitrogens is 4. The van der Waals surface area contributed by atoms with Gasteiger partial charge in [0.2, 0.25) is 0 Å². The summed E-state index contributed by atoms with van der Waals surface area (Å²) in [6.07, 6.45) is 0. The van der Waals surface area contributed by atoms with E-state index in [0.717, 1.165) is 88.4 Å². The first-order valence-electron chi connectivity index (χ1n) is 19.0. The molecule has 0 saturated heterocycles. The van der Waals surface area contributed by atoms with Crippen molar-refractivity contribution in [3.63, 3.8) is 0 Å². The second-order valence-electron chi connectivity index (χ2n) is 14.3. The van der Waals surface area contributed by atoms with Gasteiger partial charge in [0.15, 0.2) is 23.1 Å². The Balaban J connectivity index is 0.996. The molecular weight excluding hydrogens is 697 g/mol. The molecule has 11 rings (SSSR count). The van der Waals surface area contributed by atoms with Crippen LogP contribution in [0.1, 0.15) is 0 Å². The molecule has 0 radical (unpaired) electrons. The van der Waals surface area contributed by atoms with Gasteiger partial charge in [0.25, 0.3) is 0 Å². The molecule has 0 atom stereocenters. The van der Waals surface area contributed by atoms with Crippen molar-refractivity contribution >= 4 is 43.6 Å². The first-order valence-corrected chi connectivity index (χ1v) is 19.0. The maximum atomic E-state index is 6.60. The summed E-state index contributed by atoms with van der Waals surface area (Å²) in [7, 11) is 0. The molecule has 0 aliphatic heterocycles. The number of furan rings is 1. The van der Waals surface area contributed by atoms with E-state index < -0.39 is 0 Å². The fourth-order valence-corrected chi connectivity index (χ4v) is 7.84. The average Bonchev–Trinajstić information content (AvgIpc) is 3.69. The Kier molecular flexibility index (Phi) is 7.74. The molecule has 0 N–H and O–H groups in total. The van der Waals surface area contributed by atoms with Crippen molar-refractivity contribution in [1.29, 1.82) is 0 Å². The van der Waals surface area contributed by atoms with Crippen LogP contribution in [0.25, 0.3) is 111 Å². The Morgan fingerprint density at radius 1 is 0.316 bits per heavy atom. The predicted octanol–water partition coefficient (Wildman–Crippen LogP) is 13.5. The molecule has 5 nitrogen and oxygen atoms in total. The zero-order chi connectivity index (χ0) is 37.7. The summed E-state index contributed by atoms with van der Waals surface area (Å²) in [5, 5.41) is 5.60. The third kappa shape index (κ3) is 5.90. The maximum absolute atomic E-state index is 6.60. The molecule has 3 aromatic heterocycles. The normalized spacial score (nSPS) is 11.5. The minimum Gasteiger partial charge on any atom is -0.454 e. The number of rotatable bonds is 6. The Morgan fingerprint density at radius 3 is 1.53 bits per heavy atom. The van der Waals surface area contributed by atoms with E-state index in [2.05, 4.69) is 146 Å². The third-order valence-electron chi connectivity index (χ3n) is 10.7. The maximum Gasteiger partial charge on any atom is 0.164 e. The van der Waals surface area contributed by atoms with Gasteiger partial charge < -0.3 is 4.42 Å². The third-order valence-corrected chi connectivity index (χ3v) is 10.7. The van der Waals surface area contributed by atoms with Gasteiger partial charge in [-0.2, -0.15) is 0 Å². The molecule has 266 valence electrons. The Hall–Kier alpha value is -7.76. The van der Waals surface area contributed by atoms with E-state index in [1.54, 1.807) is 0 Å². The van der Waals surface area contributed by atoms with Gasteiger partial charge in [-0.05, 0) is 63.4 Å². The van der Waals surface area contributed by atoms with Crippen molar-refractivity contribution in [1.82, 2.24) is 19.9 Å². The number of para-hydroxylation sites is 1. The van der Waals surface area contributed by atoms with Crippen LogP contribution < -0.4 is 0 Å². The van der Waals surface area contributed by atoms with Crippen molar-refractivity contribution in [2.75, 3.05) is 0 Å². The second kappa shape index (κ2) is 13.5. The monoisotopic (exact) mass is 728 g/mol. The summed E-state index contributed by atoms with van der Waals surface area (Å²) >= 11 is 0. The molecule has 0 bridgehead atoms. The summed E-state index contributed by atoms with van der Waals surface area (Å²) in [4.78, 5) is 20.3. The van der Waals surface area contributed by atoms with E-state index in [9.17, 15) is 0 Å². The molecule has 0 saturated carbocycles. The SMILES string of the molecule is c1ccc(-c2cccc(-c3nc(-c4ccccc4)nc(-c4ccc(-c5cccc(-c6nc7cc8ccccc8cc7c7c6oc6ccccc67)c5)cc4)n3)c2)cc1. The van der Waals surface area contributed by atoms with E-state index >= 15 is 0 Å². The summed E-state index contributed by atoms with van der Waals surface area (Å²) < 4.78 is 6.60. The quantitative estimate of drug-likeness (QED) is 0.160. The zero-order valence-electron chi connectivity index (χ0n) is 30.7. The van der Waals surface area contributed by atoms with Crippen LogP contribution in [0, 0.1) is 0 Å². The van der Waals surface area contributed by atoms with Crippen LogP contribution >= 0.6 is 0 Å². The van der Waals surface area contributed by atoms with Crippen molar-refractivity contribution in [3.8, 4) is 67.7 Å². The number of hydrogen-bond acceptors (Lipinski definition) is 5. The highest BCUT2D eigenvalue weighted by atomic mass is 16.3. The number of nitrogens with zero attached hydrogens (tertiary/aromatic N) is 4. The van der Waals surface area contributed by atoms with Crippen molar-refractivity contribution in [3.05, 3.63) is 194 Å². The molecule has 0 aliphatic rings. The van der Waals surface area contributed by atoms with Gasteiger partial charge in [-0.25, -0.2) is 19.9 Å². The highest BCUT2D eigenvalue weighted by molar-refractivity contribution is 6.22. The lowest BCUT2D eigenvalue weighted by Crippen LogP contribution is -2.00. The van der Waals surface area contributed by atoms with Gasteiger partial charge in [0.1, 0.15) is 11.3 Å². The minimum absolute atomic E-state index is 0.615. The lowest BCUT2D eigenvalue weighted by atomic mass is 9.97. The summed E-state index contributed by atoms with van der Waals surface area (Å²) in [5.74, 6) is 1.87. The molecule has 0 spiro atoms.